The maximum atomic E-state index is 12.8. The monoisotopic (exact) mass is 369 g/mol. The standard InChI is InChI=1S/C22H27NO4/c24-15-6-5-14-11-17-22(26)8-7-16(25)20-21(22,18(14)19(15)27-20)9-10-23(17)12-13-3-1-2-4-13/h5-6,13,17,20,24,26H,1-4,7-12H2/t17-,20+,21+,22-/m1/s1. The number of benzene rings is 1. The Bertz CT molecular complexity index is 832. The third kappa shape index (κ3) is 1.85. The second-order valence-corrected chi connectivity index (χ2v) is 9.42. The van der Waals surface area contributed by atoms with Crippen molar-refractivity contribution in [3.05, 3.63) is 23.3 Å². The number of piperidine rings is 1. The molecule has 1 aromatic carbocycles. The lowest BCUT2D eigenvalue weighted by molar-refractivity contribution is -0.189. The van der Waals surface area contributed by atoms with E-state index >= 15 is 0 Å². The minimum atomic E-state index is -0.950. The number of hydrogen-bond acceptors (Lipinski definition) is 5. The van der Waals surface area contributed by atoms with Crippen molar-refractivity contribution in [1.82, 2.24) is 4.90 Å². The van der Waals surface area contributed by atoms with Gasteiger partial charge in [0.15, 0.2) is 23.4 Å². The van der Waals surface area contributed by atoms with Gasteiger partial charge in [-0.1, -0.05) is 18.9 Å². The molecule has 2 N–H and O–H groups in total. The molecule has 0 radical (unpaired) electrons. The number of phenols is 1. The SMILES string of the molecule is O=C1CC[C@@]2(O)[C@H]3Cc4ccc(O)c5c4[C@@]2(CCN3CC2CCCC2)[C@H]1O5. The second kappa shape index (κ2) is 5.26. The van der Waals surface area contributed by atoms with Crippen LogP contribution in [0.1, 0.15) is 56.1 Å². The van der Waals surface area contributed by atoms with Crippen LogP contribution in [0.5, 0.6) is 11.5 Å². The number of ketones is 1. The maximum Gasteiger partial charge on any atom is 0.174 e. The van der Waals surface area contributed by atoms with Gasteiger partial charge in [-0.15, -0.1) is 0 Å². The Morgan fingerprint density at radius 3 is 2.85 bits per heavy atom. The Kier molecular flexibility index (Phi) is 3.19. The first-order valence-electron chi connectivity index (χ1n) is 10.6. The zero-order chi connectivity index (χ0) is 18.4. The number of rotatable bonds is 2. The predicted molar refractivity (Wildman–Crippen MR) is 99.0 cm³/mol. The van der Waals surface area contributed by atoms with E-state index in [-0.39, 0.29) is 17.6 Å². The summed E-state index contributed by atoms with van der Waals surface area (Å²) in [6.07, 6.45) is 6.98. The van der Waals surface area contributed by atoms with Crippen molar-refractivity contribution in [3.63, 3.8) is 0 Å². The Labute approximate surface area is 159 Å². The highest BCUT2D eigenvalue weighted by Gasteiger charge is 2.73. The van der Waals surface area contributed by atoms with Crippen molar-refractivity contribution in [3.8, 4) is 11.5 Å². The van der Waals surface area contributed by atoms with Crippen molar-refractivity contribution >= 4 is 5.78 Å². The van der Waals surface area contributed by atoms with Gasteiger partial charge >= 0.3 is 0 Å². The molecule has 27 heavy (non-hydrogen) atoms. The zero-order valence-electron chi connectivity index (χ0n) is 15.6. The Hall–Kier alpha value is -1.59. The minimum absolute atomic E-state index is 0.0362. The quantitative estimate of drug-likeness (QED) is 0.837. The summed E-state index contributed by atoms with van der Waals surface area (Å²) < 4.78 is 6.08. The summed E-state index contributed by atoms with van der Waals surface area (Å²) in [6.45, 7) is 1.95. The van der Waals surface area contributed by atoms with Crippen LogP contribution in [0, 0.1) is 5.92 Å². The molecule has 1 aromatic rings. The van der Waals surface area contributed by atoms with Crippen molar-refractivity contribution in [2.24, 2.45) is 5.92 Å². The van der Waals surface area contributed by atoms with Crippen LogP contribution in [0.25, 0.3) is 0 Å². The van der Waals surface area contributed by atoms with E-state index in [2.05, 4.69) is 4.90 Å². The number of carbonyl (C=O) groups excluding carboxylic acids is 1. The van der Waals surface area contributed by atoms with E-state index < -0.39 is 17.1 Å². The van der Waals surface area contributed by atoms with Gasteiger partial charge in [0.05, 0.1) is 11.0 Å². The zero-order valence-corrected chi connectivity index (χ0v) is 15.6. The van der Waals surface area contributed by atoms with Gasteiger partial charge in [0.1, 0.15) is 0 Å². The Balaban J connectivity index is 1.50. The van der Waals surface area contributed by atoms with Crippen LogP contribution >= 0.6 is 0 Å². The van der Waals surface area contributed by atoms with Gasteiger partial charge in [-0.3, -0.25) is 9.69 Å². The molecule has 2 saturated carbocycles. The van der Waals surface area contributed by atoms with Crippen LogP contribution in [0.15, 0.2) is 12.1 Å². The van der Waals surface area contributed by atoms with Gasteiger partial charge in [-0.2, -0.15) is 0 Å². The average molecular weight is 369 g/mol. The summed E-state index contributed by atoms with van der Waals surface area (Å²) in [5.41, 5.74) is 0.445. The fourth-order valence-electron chi connectivity index (χ4n) is 7.16. The molecule has 144 valence electrons. The lowest BCUT2D eigenvalue weighted by Gasteiger charge is -2.62. The number of nitrogens with zero attached hydrogens (tertiary/aromatic N) is 1. The van der Waals surface area contributed by atoms with E-state index in [9.17, 15) is 15.0 Å². The Morgan fingerprint density at radius 2 is 2.04 bits per heavy atom. The normalized spacial score (nSPS) is 40.1. The number of likely N-dealkylation sites (tertiary alicyclic amines) is 1. The molecule has 4 atom stereocenters. The highest BCUT2D eigenvalue weighted by atomic mass is 16.5. The molecule has 5 heteroatoms. The first-order valence-corrected chi connectivity index (χ1v) is 10.6. The molecule has 2 aliphatic heterocycles. The number of aromatic hydroxyl groups is 1. The topological polar surface area (TPSA) is 70.0 Å². The average Bonchev–Trinajstić information content (AvgIpc) is 3.27. The summed E-state index contributed by atoms with van der Waals surface area (Å²) in [4.78, 5) is 15.3. The number of phenolic OH excluding ortho intramolecular Hbond substituents is 1. The highest BCUT2D eigenvalue weighted by molar-refractivity contribution is 5.90. The molecule has 5 aliphatic rings. The number of Topliss-reactive ketones (excluding diaryl/α,β-unsaturated/α-hetero) is 1. The molecule has 1 spiro atoms. The molecular formula is C22H27NO4. The van der Waals surface area contributed by atoms with E-state index in [1.807, 2.05) is 6.07 Å². The van der Waals surface area contributed by atoms with Gasteiger partial charge in [0, 0.05) is 24.6 Å². The highest BCUT2D eigenvalue weighted by Crippen LogP contribution is 2.64. The lowest BCUT2D eigenvalue weighted by Crippen LogP contribution is -2.76. The van der Waals surface area contributed by atoms with Crippen molar-refractivity contribution in [2.75, 3.05) is 13.1 Å². The second-order valence-electron chi connectivity index (χ2n) is 9.42. The van der Waals surface area contributed by atoms with E-state index in [1.165, 1.54) is 25.7 Å². The summed E-state index contributed by atoms with van der Waals surface area (Å²) >= 11 is 0. The van der Waals surface area contributed by atoms with Crippen LogP contribution < -0.4 is 4.74 Å². The number of carbonyl (C=O) groups is 1. The van der Waals surface area contributed by atoms with Crippen LogP contribution in [0.4, 0.5) is 0 Å². The molecule has 0 unspecified atom stereocenters. The summed E-state index contributed by atoms with van der Waals surface area (Å²) in [7, 11) is 0. The maximum absolute atomic E-state index is 12.8. The molecule has 2 heterocycles. The van der Waals surface area contributed by atoms with Crippen LogP contribution in [0.2, 0.25) is 0 Å². The lowest BCUT2D eigenvalue weighted by atomic mass is 9.49. The van der Waals surface area contributed by atoms with Crippen molar-refractivity contribution in [2.45, 2.75) is 74.5 Å². The van der Waals surface area contributed by atoms with Gasteiger partial charge in [-0.05, 0) is 56.2 Å². The largest absolute Gasteiger partial charge is 0.504 e. The minimum Gasteiger partial charge on any atom is -0.504 e. The molecular weight excluding hydrogens is 342 g/mol. The van der Waals surface area contributed by atoms with Gasteiger partial charge in [0.2, 0.25) is 0 Å². The van der Waals surface area contributed by atoms with Crippen molar-refractivity contribution < 1.29 is 19.7 Å². The third-order valence-corrected chi connectivity index (χ3v) is 8.34. The molecule has 0 aromatic heterocycles. The van der Waals surface area contributed by atoms with E-state index in [0.717, 1.165) is 43.0 Å². The van der Waals surface area contributed by atoms with Crippen molar-refractivity contribution in [1.29, 1.82) is 0 Å². The van der Waals surface area contributed by atoms with Crippen LogP contribution in [-0.2, 0) is 16.6 Å². The van der Waals surface area contributed by atoms with Crippen LogP contribution in [-0.4, -0.2) is 51.7 Å². The van der Waals surface area contributed by atoms with Gasteiger partial charge in [0.25, 0.3) is 0 Å². The summed E-state index contributed by atoms with van der Waals surface area (Å²) in [6, 6.07) is 3.70. The van der Waals surface area contributed by atoms with E-state index in [0.29, 0.717) is 18.6 Å². The third-order valence-electron chi connectivity index (χ3n) is 8.34. The fourth-order valence-corrected chi connectivity index (χ4v) is 7.16. The molecule has 5 nitrogen and oxygen atoms in total. The van der Waals surface area contributed by atoms with E-state index in [1.54, 1.807) is 6.07 Å². The molecule has 3 fully saturated rings. The number of hydrogen-bond donors (Lipinski definition) is 2. The molecule has 3 aliphatic carbocycles. The van der Waals surface area contributed by atoms with Crippen LogP contribution in [0.3, 0.4) is 0 Å². The Morgan fingerprint density at radius 1 is 1.22 bits per heavy atom. The summed E-state index contributed by atoms with van der Waals surface area (Å²) in [5, 5.41) is 22.5. The first-order chi connectivity index (χ1) is 13.0. The molecule has 6 rings (SSSR count). The first kappa shape index (κ1) is 16.4. The molecule has 1 saturated heterocycles. The smallest absolute Gasteiger partial charge is 0.174 e. The predicted octanol–water partition coefficient (Wildman–Crippen LogP) is 2.31. The van der Waals surface area contributed by atoms with E-state index in [4.69, 9.17) is 4.74 Å². The number of ether oxygens (including phenoxy) is 1. The summed E-state index contributed by atoms with van der Waals surface area (Å²) in [5.74, 6) is 1.36. The van der Waals surface area contributed by atoms with Gasteiger partial charge in [-0.25, -0.2) is 0 Å². The molecule has 2 bridgehead atoms. The number of aliphatic hydroxyl groups is 1. The fraction of sp³-hybridized carbons (Fsp3) is 0.682. The molecule has 0 amide bonds. The van der Waals surface area contributed by atoms with Gasteiger partial charge < -0.3 is 14.9 Å².